The highest BCUT2D eigenvalue weighted by Crippen LogP contribution is 2.47. The van der Waals surface area contributed by atoms with Crippen LogP contribution >= 0.6 is 7.82 Å². The molecule has 366 valence electrons. The molecule has 6 N–H and O–H groups in total. The van der Waals surface area contributed by atoms with Gasteiger partial charge in [0.05, 0.1) is 13.2 Å². The number of unbranched alkanes of at least 4 members (excludes halogenated alkanes) is 11. The summed E-state index contributed by atoms with van der Waals surface area (Å²) in [5.74, 6) is -0.504. The molecule has 1 rings (SSSR count). The number of aliphatic hydroxyl groups is 5. The predicted molar refractivity (Wildman–Crippen MR) is 257 cm³/mol. The highest BCUT2D eigenvalue weighted by molar-refractivity contribution is 7.47. The van der Waals surface area contributed by atoms with Gasteiger partial charge in [-0.25, -0.2) is 4.57 Å². The molecule has 0 amide bonds. The van der Waals surface area contributed by atoms with Gasteiger partial charge in [-0.15, -0.1) is 0 Å². The first-order valence-electron chi connectivity index (χ1n) is 24.1. The number of phosphoric acid groups is 1. The van der Waals surface area contributed by atoms with E-state index in [0.717, 1.165) is 128 Å². The third kappa shape index (κ3) is 32.0. The summed E-state index contributed by atoms with van der Waals surface area (Å²) in [6.45, 7) is 4.00. The van der Waals surface area contributed by atoms with Crippen LogP contribution in [0.15, 0.2) is 97.2 Å². The molecule has 6 atom stereocenters. The number of rotatable bonds is 39. The van der Waals surface area contributed by atoms with Crippen LogP contribution < -0.4 is 0 Å². The van der Waals surface area contributed by atoms with Crippen LogP contribution in [-0.4, -0.2) is 98.9 Å². The molecule has 1 saturated carbocycles. The first kappa shape index (κ1) is 59.3. The van der Waals surface area contributed by atoms with Crippen molar-refractivity contribution in [1.29, 1.82) is 0 Å². The fraction of sp³-hybridized carbons (Fsp3) is 0.667. The standard InChI is InChI=1S/C51H85O12P/c1-3-5-7-9-11-13-15-17-18-19-20-21-22-23-24-25-26-27-29-31-33-35-37-39-41-60-42-44(43-61-64(58,59)63-51-49(56)47(54)46(53)48(55)50(51)57)62-45(52)40-38-36-34-32-30-28-16-14-12-10-8-6-4-2/h5,7-8,10-11,13-14,16-18,20-21,23-24,26-27,44,46-51,53-57H,3-4,6,9,12,15,19,22,25,28-43H2,1-2H3,(H,58,59)/b7-5-,10-8-,13-11-,16-14-,18-17-,21-20-,24-23-,27-26-. The fourth-order valence-corrected chi connectivity index (χ4v) is 7.60. The second-order valence-electron chi connectivity index (χ2n) is 16.2. The monoisotopic (exact) mass is 921 g/mol. The maximum atomic E-state index is 12.8. The number of hydrogen-bond acceptors (Lipinski definition) is 11. The summed E-state index contributed by atoms with van der Waals surface area (Å²) < 4.78 is 34.2. The van der Waals surface area contributed by atoms with E-state index in [2.05, 4.69) is 111 Å². The van der Waals surface area contributed by atoms with E-state index in [-0.39, 0.29) is 13.0 Å². The Morgan fingerprint density at radius 3 is 1.41 bits per heavy atom. The molecular formula is C51H85O12P. The van der Waals surface area contributed by atoms with E-state index in [1.807, 2.05) is 0 Å². The molecule has 0 aliphatic heterocycles. The molecule has 0 spiro atoms. The molecule has 0 aromatic carbocycles. The van der Waals surface area contributed by atoms with Crippen molar-refractivity contribution >= 4 is 13.8 Å². The first-order valence-corrected chi connectivity index (χ1v) is 25.6. The molecule has 1 aliphatic rings. The summed E-state index contributed by atoms with van der Waals surface area (Å²) >= 11 is 0. The van der Waals surface area contributed by atoms with Crippen molar-refractivity contribution in [3.05, 3.63) is 97.2 Å². The maximum Gasteiger partial charge on any atom is 0.472 e. The molecule has 1 aliphatic carbocycles. The third-order valence-electron chi connectivity index (χ3n) is 10.4. The Bertz CT molecular complexity index is 1420. The topological polar surface area (TPSA) is 192 Å². The lowest BCUT2D eigenvalue weighted by Crippen LogP contribution is -2.64. The second kappa shape index (κ2) is 40.5. The Kier molecular flexibility index (Phi) is 37.5. The molecule has 0 bridgehead atoms. The van der Waals surface area contributed by atoms with Crippen molar-refractivity contribution in [2.75, 3.05) is 19.8 Å². The van der Waals surface area contributed by atoms with Crippen LogP contribution in [0.1, 0.15) is 155 Å². The van der Waals surface area contributed by atoms with Crippen molar-refractivity contribution in [3.63, 3.8) is 0 Å². The third-order valence-corrected chi connectivity index (χ3v) is 11.4. The molecular weight excluding hydrogens is 836 g/mol. The van der Waals surface area contributed by atoms with Gasteiger partial charge in [-0.1, -0.05) is 156 Å². The Morgan fingerprint density at radius 2 is 0.922 bits per heavy atom. The van der Waals surface area contributed by atoms with Crippen molar-refractivity contribution < 1.29 is 58.3 Å². The van der Waals surface area contributed by atoms with E-state index < -0.39 is 63.1 Å². The van der Waals surface area contributed by atoms with Gasteiger partial charge in [0.2, 0.25) is 0 Å². The number of hydrogen-bond donors (Lipinski definition) is 6. The molecule has 0 radical (unpaired) electrons. The van der Waals surface area contributed by atoms with Crippen molar-refractivity contribution in [2.45, 2.75) is 198 Å². The van der Waals surface area contributed by atoms with Crippen LogP contribution in [0, 0.1) is 0 Å². The quantitative estimate of drug-likeness (QED) is 0.0148. The van der Waals surface area contributed by atoms with Crippen LogP contribution in [0.5, 0.6) is 0 Å². The lowest BCUT2D eigenvalue weighted by Gasteiger charge is -2.41. The van der Waals surface area contributed by atoms with Gasteiger partial charge < -0.3 is 39.9 Å². The van der Waals surface area contributed by atoms with Gasteiger partial charge in [0.1, 0.15) is 42.7 Å². The van der Waals surface area contributed by atoms with E-state index in [1.54, 1.807) is 0 Å². The van der Waals surface area contributed by atoms with Crippen LogP contribution in [0.3, 0.4) is 0 Å². The average molecular weight is 921 g/mol. The van der Waals surface area contributed by atoms with E-state index in [1.165, 1.54) is 0 Å². The molecule has 0 saturated heterocycles. The molecule has 12 nitrogen and oxygen atoms in total. The van der Waals surface area contributed by atoms with Gasteiger partial charge in [-0.2, -0.15) is 0 Å². The molecule has 13 heteroatoms. The zero-order valence-corrected chi connectivity index (χ0v) is 39.9. The van der Waals surface area contributed by atoms with Crippen LogP contribution in [0.25, 0.3) is 0 Å². The minimum Gasteiger partial charge on any atom is -0.457 e. The summed E-state index contributed by atoms with van der Waals surface area (Å²) in [7, 11) is -5.04. The van der Waals surface area contributed by atoms with Gasteiger partial charge in [-0.05, 0) is 89.9 Å². The summed E-state index contributed by atoms with van der Waals surface area (Å²) in [6.07, 6.45) is 43.3. The molecule has 1 fully saturated rings. The van der Waals surface area contributed by atoms with E-state index in [4.69, 9.17) is 18.5 Å². The zero-order chi connectivity index (χ0) is 46.9. The van der Waals surface area contributed by atoms with Gasteiger partial charge in [0.25, 0.3) is 0 Å². The summed E-state index contributed by atoms with van der Waals surface area (Å²) in [5.41, 5.74) is 0. The molecule has 0 heterocycles. The smallest absolute Gasteiger partial charge is 0.457 e. The van der Waals surface area contributed by atoms with Crippen molar-refractivity contribution in [3.8, 4) is 0 Å². The predicted octanol–water partition coefficient (Wildman–Crippen LogP) is 10.3. The lowest BCUT2D eigenvalue weighted by molar-refractivity contribution is -0.220. The number of esters is 1. The SMILES string of the molecule is CC/C=C\C/C=C\C/C=C\C/C=C\C/C=C\C/C=C\CCCCCCCOCC(COP(=O)(O)OC1C(O)C(O)C(O)C(O)C1O)OC(=O)CCCCCCC/C=C\C/C=C\CCC. The van der Waals surface area contributed by atoms with Crippen molar-refractivity contribution in [2.24, 2.45) is 0 Å². The second-order valence-corrected chi connectivity index (χ2v) is 17.6. The molecule has 0 aromatic heterocycles. The number of allylic oxidation sites excluding steroid dienone is 16. The number of carbonyl (C=O) groups excluding carboxylic acids is 1. The van der Waals surface area contributed by atoms with Crippen LogP contribution in [-0.2, 0) is 27.9 Å². The van der Waals surface area contributed by atoms with Crippen LogP contribution in [0.2, 0.25) is 0 Å². The van der Waals surface area contributed by atoms with Gasteiger partial charge in [0, 0.05) is 13.0 Å². The Hall–Kier alpha value is -2.74. The van der Waals surface area contributed by atoms with Crippen molar-refractivity contribution in [1.82, 2.24) is 0 Å². The Morgan fingerprint density at radius 1 is 0.516 bits per heavy atom. The average Bonchev–Trinajstić information content (AvgIpc) is 3.28. The van der Waals surface area contributed by atoms with Crippen LogP contribution in [0.4, 0.5) is 0 Å². The normalized spacial score (nSPS) is 22.6. The largest absolute Gasteiger partial charge is 0.472 e. The first-order chi connectivity index (χ1) is 31.0. The van der Waals surface area contributed by atoms with Gasteiger partial charge in [-0.3, -0.25) is 13.8 Å². The fourth-order valence-electron chi connectivity index (χ4n) is 6.63. The minimum absolute atomic E-state index is 0.103. The molecule has 0 aromatic rings. The highest BCUT2D eigenvalue weighted by atomic mass is 31.2. The number of aliphatic hydroxyl groups excluding tert-OH is 5. The number of ether oxygens (including phenoxy) is 2. The van der Waals surface area contributed by atoms with E-state index in [9.17, 15) is 39.8 Å². The lowest BCUT2D eigenvalue weighted by atomic mass is 9.85. The Labute approximate surface area is 385 Å². The minimum atomic E-state index is -5.04. The molecule has 6 unspecified atom stereocenters. The van der Waals surface area contributed by atoms with E-state index >= 15 is 0 Å². The van der Waals surface area contributed by atoms with E-state index in [0.29, 0.717) is 13.0 Å². The molecule has 64 heavy (non-hydrogen) atoms. The maximum absolute atomic E-state index is 12.8. The van der Waals surface area contributed by atoms with Gasteiger partial charge in [0.15, 0.2) is 0 Å². The summed E-state index contributed by atoms with van der Waals surface area (Å²) in [6, 6.07) is 0. The zero-order valence-electron chi connectivity index (χ0n) is 39.0. The number of phosphoric ester groups is 1. The van der Waals surface area contributed by atoms with Gasteiger partial charge >= 0.3 is 13.8 Å². The Balaban J connectivity index is 2.38. The summed E-state index contributed by atoms with van der Waals surface area (Å²) in [5, 5.41) is 50.2. The number of carbonyl (C=O) groups is 1. The summed E-state index contributed by atoms with van der Waals surface area (Å²) in [4.78, 5) is 23.2. The highest BCUT2D eigenvalue weighted by Gasteiger charge is 2.51.